The monoisotopic (exact) mass is 392 g/mol. The highest BCUT2D eigenvalue weighted by Gasteiger charge is 2.50. The van der Waals surface area contributed by atoms with E-state index >= 15 is 0 Å². The van der Waals surface area contributed by atoms with Gasteiger partial charge in [0.25, 0.3) is 13.9 Å². The largest absolute Gasteiger partial charge is 0.401 e. The molecule has 0 aliphatic carbocycles. The van der Waals surface area contributed by atoms with Crippen LogP contribution in [0.2, 0.25) is 5.04 Å². The Kier molecular flexibility index (Phi) is 5.68. The van der Waals surface area contributed by atoms with Crippen LogP contribution in [0.5, 0.6) is 0 Å². The van der Waals surface area contributed by atoms with Crippen molar-refractivity contribution in [1.29, 1.82) is 0 Å². The van der Waals surface area contributed by atoms with Crippen molar-refractivity contribution in [2.45, 2.75) is 39.3 Å². The van der Waals surface area contributed by atoms with Gasteiger partial charge in [0.2, 0.25) is 0 Å². The van der Waals surface area contributed by atoms with Crippen molar-refractivity contribution in [3.63, 3.8) is 0 Å². The molecule has 0 aliphatic rings. The van der Waals surface area contributed by atoms with E-state index in [1.807, 2.05) is 19.1 Å². The van der Waals surface area contributed by atoms with Gasteiger partial charge in [0.15, 0.2) is 0 Å². The Hall–Kier alpha value is -2.50. The standard InChI is InChI=1S/C23H28N2O2Si/c1-18-16-22(26)25(5)24-21(18)17-27-28(23(2,3)4,19-12-8-6-9-13-19)20-14-10-7-11-15-20/h6-16H,17H2,1-5H3. The minimum absolute atomic E-state index is 0.0930. The smallest absolute Gasteiger partial charge is 0.266 e. The molecular weight excluding hydrogens is 364 g/mol. The number of benzene rings is 2. The first-order chi connectivity index (χ1) is 13.3. The molecule has 0 fully saturated rings. The molecule has 0 saturated carbocycles. The maximum Gasteiger partial charge on any atom is 0.266 e. The topological polar surface area (TPSA) is 44.1 Å². The summed E-state index contributed by atoms with van der Waals surface area (Å²) in [5.74, 6) is 0. The molecular formula is C23H28N2O2Si. The predicted octanol–water partition coefficient (Wildman–Crippen LogP) is 3.17. The maximum absolute atomic E-state index is 11.9. The van der Waals surface area contributed by atoms with Gasteiger partial charge in [-0.15, -0.1) is 0 Å². The molecule has 0 amide bonds. The zero-order chi connectivity index (χ0) is 20.4. The van der Waals surface area contributed by atoms with E-state index in [0.717, 1.165) is 11.3 Å². The molecule has 0 N–H and O–H groups in total. The molecule has 3 aromatic rings. The Labute approximate surface area is 167 Å². The molecule has 1 aromatic heterocycles. The number of hydrogen-bond donors (Lipinski definition) is 0. The van der Waals surface area contributed by atoms with Gasteiger partial charge in [0.1, 0.15) is 0 Å². The van der Waals surface area contributed by atoms with Gasteiger partial charge in [-0.3, -0.25) is 4.79 Å². The second kappa shape index (κ2) is 7.85. The summed E-state index contributed by atoms with van der Waals surface area (Å²) in [5, 5.41) is 6.82. The third-order valence-electron chi connectivity index (χ3n) is 5.23. The van der Waals surface area contributed by atoms with Crippen molar-refractivity contribution in [2.75, 3.05) is 0 Å². The van der Waals surface area contributed by atoms with Gasteiger partial charge in [0.05, 0.1) is 12.3 Å². The fourth-order valence-electron chi connectivity index (χ4n) is 3.75. The lowest BCUT2D eigenvalue weighted by atomic mass is 10.2. The van der Waals surface area contributed by atoms with Crippen LogP contribution in [0.4, 0.5) is 0 Å². The normalized spacial score (nSPS) is 12.2. The SMILES string of the molecule is Cc1cc(=O)n(C)nc1CO[Si](c1ccccc1)(c1ccccc1)C(C)(C)C. The number of nitrogens with zero attached hydrogens (tertiary/aromatic N) is 2. The first-order valence-corrected chi connectivity index (χ1v) is 11.5. The van der Waals surface area contributed by atoms with Crippen LogP contribution in [-0.4, -0.2) is 18.1 Å². The second-order valence-electron chi connectivity index (χ2n) is 8.19. The molecule has 1 heterocycles. The van der Waals surface area contributed by atoms with Crippen molar-refractivity contribution in [1.82, 2.24) is 9.78 Å². The van der Waals surface area contributed by atoms with Crippen LogP contribution in [0.1, 0.15) is 32.0 Å². The Balaban J connectivity index is 2.14. The molecule has 0 atom stereocenters. The summed E-state index contributed by atoms with van der Waals surface area (Å²) < 4.78 is 8.26. The molecule has 0 unspecified atom stereocenters. The lowest BCUT2D eigenvalue weighted by Crippen LogP contribution is -2.66. The van der Waals surface area contributed by atoms with Gasteiger partial charge in [-0.05, 0) is 27.9 Å². The Morgan fingerprint density at radius 2 is 1.46 bits per heavy atom. The molecule has 0 bridgehead atoms. The molecule has 0 spiro atoms. The minimum atomic E-state index is -2.61. The summed E-state index contributed by atoms with van der Waals surface area (Å²) in [4.78, 5) is 11.9. The zero-order valence-corrected chi connectivity index (χ0v) is 18.3. The number of aromatic nitrogens is 2. The lowest BCUT2D eigenvalue weighted by molar-refractivity contribution is 0.277. The number of aryl methyl sites for hydroxylation is 2. The minimum Gasteiger partial charge on any atom is -0.401 e. The third kappa shape index (κ3) is 3.73. The van der Waals surface area contributed by atoms with Gasteiger partial charge < -0.3 is 4.43 Å². The summed E-state index contributed by atoms with van der Waals surface area (Å²) in [6.07, 6.45) is 0. The van der Waals surface area contributed by atoms with Crippen molar-refractivity contribution < 1.29 is 4.43 Å². The van der Waals surface area contributed by atoms with E-state index in [-0.39, 0.29) is 10.6 Å². The van der Waals surface area contributed by atoms with E-state index in [1.54, 1.807) is 13.1 Å². The summed E-state index contributed by atoms with van der Waals surface area (Å²) in [6, 6.07) is 22.7. The third-order valence-corrected chi connectivity index (χ3v) is 10.2. The van der Waals surface area contributed by atoms with E-state index in [1.165, 1.54) is 15.1 Å². The van der Waals surface area contributed by atoms with Crippen LogP contribution in [0.25, 0.3) is 0 Å². The molecule has 4 nitrogen and oxygen atoms in total. The summed E-state index contributed by atoms with van der Waals surface area (Å²) in [6.45, 7) is 9.03. The van der Waals surface area contributed by atoms with Gasteiger partial charge >= 0.3 is 0 Å². The van der Waals surface area contributed by atoms with E-state index in [9.17, 15) is 4.79 Å². The highest BCUT2D eigenvalue weighted by Crippen LogP contribution is 2.37. The number of hydrogen-bond acceptors (Lipinski definition) is 3. The molecule has 0 aliphatic heterocycles. The summed E-state index contributed by atoms with van der Waals surface area (Å²) in [7, 11) is -0.939. The molecule has 3 rings (SSSR count). The maximum atomic E-state index is 11.9. The number of rotatable bonds is 5. The molecule has 0 radical (unpaired) electrons. The average molecular weight is 393 g/mol. The highest BCUT2D eigenvalue weighted by atomic mass is 28.4. The average Bonchev–Trinajstić information content (AvgIpc) is 2.67. The Morgan fingerprint density at radius 1 is 0.964 bits per heavy atom. The highest BCUT2D eigenvalue weighted by molar-refractivity contribution is 6.99. The van der Waals surface area contributed by atoms with Crippen LogP contribution >= 0.6 is 0 Å². The molecule has 5 heteroatoms. The fraction of sp³-hybridized carbons (Fsp3) is 0.304. The first kappa shape index (κ1) is 20.2. The van der Waals surface area contributed by atoms with Gasteiger partial charge in [-0.2, -0.15) is 5.10 Å². The van der Waals surface area contributed by atoms with Crippen LogP contribution < -0.4 is 15.9 Å². The lowest BCUT2D eigenvalue weighted by Gasteiger charge is -2.43. The Morgan fingerprint density at radius 3 is 1.93 bits per heavy atom. The van der Waals surface area contributed by atoms with Crippen LogP contribution in [0, 0.1) is 6.92 Å². The summed E-state index contributed by atoms with van der Waals surface area (Å²) in [5.41, 5.74) is 1.56. The summed E-state index contributed by atoms with van der Waals surface area (Å²) >= 11 is 0. The van der Waals surface area contributed by atoms with Crippen LogP contribution in [0.15, 0.2) is 71.5 Å². The fourth-order valence-corrected chi connectivity index (χ4v) is 8.26. The molecule has 146 valence electrons. The van der Waals surface area contributed by atoms with E-state index < -0.39 is 8.32 Å². The van der Waals surface area contributed by atoms with Gasteiger partial charge in [0, 0.05) is 13.1 Å². The van der Waals surface area contributed by atoms with Crippen molar-refractivity contribution in [3.05, 3.63) is 88.3 Å². The van der Waals surface area contributed by atoms with E-state index in [4.69, 9.17) is 4.43 Å². The van der Waals surface area contributed by atoms with Gasteiger partial charge in [-0.1, -0.05) is 81.4 Å². The van der Waals surface area contributed by atoms with Gasteiger partial charge in [-0.25, -0.2) is 4.68 Å². The molecule has 28 heavy (non-hydrogen) atoms. The van der Waals surface area contributed by atoms with E-state index in [0.29, 0.717) is 6.61 Å². The van der Waals surface area contributed by atoms with Crippen molar-refractivity contribution in [3.8, 4) is 0 Å². The van der Waals surface area contributed by atoms with Crippen LogP contribution in [-0.2, 0) is 18.1 Å². The molecule has 0 saturated heterocycles. The predicted molar refractivity (Wildman–Crippen MR) is 117 cm³/mol. The quantitative estimate of drug-likeness (QED) is 0.627. The van der Waals surface area contributed by atoms with E-state index in [2.05, 4.69) is 74.4 Å². The van der Waals surface area contributed by atoms with Crippen molar-refractivity contribution >= 4 is 18.7 Å². The molecule has 2 aromatic carbocycles. The van der Waals surface area contributed by atoms with Crippen LogP contribution in [0.3, 0.4) is 0 Å². The Bertz CT molecular complexity index is 953. The first-order valence-electron chi connectivity index (χ1n) is 9.54. The zero-order valence-electron chi connectivity index (χ0n) is 17.3. The second-order valence-corrected chi connectivity index (χ2v) is 12.5. The van der Waals surface area contributed by atoms with Crippen molar-refractivity contribution in [2.24, 2.45) is 7.05 Å².